The maximum Gasteiger partial charge on any atom is -0.0162 e. The highest BCUT2D eigenvalue weighted by atomic mass is 14.3. The van der Waals surface area contributed by atoms with Crippen LogP contribution in [-0.4, -0.2) is 0 Å². The average Bonchev–Trinajstić information content (AvgIpc) is 2.71. The molecule has 1 aromatic carbocycles. The summed E-state index contributed by atoms with van der Waals surface area (Å²) in [5.74, 6) is 0.909. The molecule has 0 aromatic heterocycles. The predicted octanol–water partition coefficient (Wildman–Crippen LogP) is 3.84. The molecule has 2 rings (SSSR count). The van der Waals surface area contributed by atoms with Crippen LogP contribution in [0.15, 0.2) is 30.3 Å². The Morgan fingerprint density at radius 2 is 1.45 bits per heavy atom. The Balaban J connectivity index is 0.000000500. The first-order valence-corrected chi connectivity index (χ1v) is 3.52. The highest BCUT2D eigenvalue weighted by Crippen LogP contribution is 2.39. The minimum absolute atomic E-state index is 0. The van der Waals surface area contributed by atoms with Gasteiger partial charge in [-0.25, -0.2) is 0 Å². The highest BCUT2D eigenvalue weighted by Gasteiger charge is 2.22. The van der Waals surface area contributed by atoms with E-state index < -0.39 is 0 Å². The molecule has 1 saturated carbocycles. The van der Waals surface area contributed by atoms with Gasteiger partial charge < -0.3 is 0 Å². The molecular weight excluding hydrogens is 132 g/mol. The Kier molecular flexibility index (Phi) is 3.88. The first-order valence-electron chi connectivity index (χ1n) is 3.52. The van der Waals surface area contributed by atoms with E-state index in [9.17, 15) is 0 Å². The normalized spacial score (nSPS) is 14.5. The van der Waals surface area contributed by atoms with Gasteiger partial charge in [0, 0.05) is 0 Å². The van der Waals surface area contributed by atoms with Crippen LogP contribution in [0.2, 0.25) is 0 Å². The minimum Gasteiger partial charge on any atom is -0.0776 e. The maximum atomic E-state index is 2.22. The third-order valence-corrected chi connectivity index (χ3v) is 1.85. The molecule has 0 saturated heterocycles. The number of rotatable bonds is 1. The third-order valence-electron chi connectivity index (χ3n) is 1.85. The summed E-state index contributed by atoms with van der Waals surface area (Å²) in [6.45, 7) is 0. The first kappa shape index (κ1) is 10.2. The fraction of sp³-hybridized carbons (Fsp3) is 0.455. The molecule has 1 aliphatic rings. The van der Waals surface area contributed by atoms with Gasteiger partial charge >= 0.3 is 0 Å². The first-order chi connectivity index (χ1) is 4.47. The fourth-order valence-electron chi connectivity index (χ4n) is 1.14. The summed E-state index contributed by atoms with van der Waals surface area (Å²) in [5.41, 5.74) is 1.53. The summed E-state index contributed by atoms with van der Waals surface area (Å²) in [4.78, 5) is 0. The number of hydrogen-bond acceptors (Lipinski definition) is 0. The summed E-state index contributed by atoms with van der Waals surface area (Å²) in [6, 6.07) is 10.8. The van der Waals surface area contributed by atoms with Gasteiger partial charge in [0.2, 0.25) is 0 Å². The van der Waals surface area contributed by atoms with Gasteiger partial charge in [-0.05, 0) is 24.3 Å². The average molecular weight is 150 g/mol. The molecule has 0 aliphatic heterocycles. The van der Waals surface area contributed by atoms with Crippen LogP contribution in [0.3, 0.4) is 0 Å². The van der Waals surface area contributed by atoms with Crippen molar-refractivity contribution < 1.29 is 0 Å². The lowest BCUT2D eigenvalue weighted by molar-refractivity contribution is 1.13. The van der Waals surface area contributed by atoms with Gasteiger partial charge in [0.25, 0.3) is 0 Å². The molecule has 0 spiro atoms. The van der Waals surface area contributed by atoms with Crippen LogP contribution in [0.4, 0.5) is 0 Å². The van der Waals surface area contributed by atoms with Gasteiger partial charge in [-0.1, -0.05) is 45.2 Å². The van der Waals surface area contributed by atoms with E-state index in [1.54, 1.807) is 0 Å². The van der Waals surface area contributed by atoms with Crippen molar-refractivity contribution in [2.75, 3.05) is 0 Å². The molecule has 0 unspecified atom stereocenters. The molecule has 0 amide bonds. The van der Waals surface area contributed by atoms with E-state index in [4.69, 9.17) is 0 Å². The number of hydrogen-bond donors (Lipinski definition) is 0. The molecule has 0 heteroatoms. The Hall–Kier alpha value is -0.780. The zero-order valence-corrected chi connectivity index (χ0v) is 5.38. The standard InChI is InChI=1S/C9H10.2CH4/c1-2-4-8(5-3-1)9-6-7-9;;/h1-5,9H,6-7H2;2*1H4. The lowest BCUT2D eigenvalue weighted by Crippen LogP contribution is -1.73. The Morgan fingerprint density at radius 3 is 1.91 bits per heavy atom. The second-order valence-corrected chi connectivity index (χ2v) is 2.68. The molecule has 0 nitrogen and oxygen atoms in total. The van der Waals surface area contributed by atoms with Crippen LogP contribution in [0, 0.1) is 0 Å². The third kappa shape index (κ3) is 2.38. The van der Waals surface area contributed by atoms with Gasteiger partial charge in [0.1, 0.15) is 0 Å². The van der Waals surface area contributed by atoms with Gasteiger partial charge in [0.05, 0.1) is 0 Å². The van der Waals surface area contributed by atoms with Crippen molar-refractivity contribution in [2.45, 2.75) is 33.6 Å². The summed E-state index contributed by atoms with van der Waals surface area (Å²) in [5, 5.41) is 0. The smallest absolute Gasteiger partial charge is 0.0162 e. The Morgan fingerprint density at radius 1 is 0.909 bits per heavy atom. The number of benzene rings is 1. The molecule has 62 valence electrons. The lowest BCUT2D eigenvalue weighted by atomic mass is 10.1. The van der Waals surface area contributed by atoms with E-state index in [-0.39, 0.29) is 14.9 Å². The van der Waals surface area contributed by atoms with Crippen molar-refractivity contribution in [3.63, 3.8) is 0 Å². The second-order valence-electron chi connectivity index (χ2n) is 2.68. The molecular formula is C11H18. The van der Waals surface area contributed by atoms with E-state index >= 15 is 0 Å². The van der Waals surface area contributed by atoms with Crippen LogP contribution >= 0.6 is 0 Å². The molecule has 0 bridgehead atoms. The Labute approximate surface area is 70.3 Å². The largest absolute Gasteiger partial charge is 0.0776 e. The van der Waals surface area contributed by atoms with Crippen LogP contribution < -0.4 is 0 Å². The van der Waals surface area contributed by atoms with Gasteiger partial charge in [-0.2, -0.15) is 0 Å². The van der Waals surface area contributed by atoms with E-state index in [0.717, 1.165) is 5.92 Å². The molecule has 1 fully saturated rings. The zero-order valence-electron chi connectivity index (χ0n) is 5.38. The van der Waals surface area contributed by atoms with Crippen molar-refractivity contribution in [3.05, 3.63) is 35.9 Å². The maximum absolute atomic E-state index is 2.22. The van der Waals surface area contributed by atoms with Crippen LogP contribution in [-0.2, 0) is 0 Å². The summed E-state index contributed by atoms with van der Waals surface area (Å²) < 4.78 is 0. The second kappa shape index (κ2) is 4.17. The van der Waals surface area contributed by atoms with E-state index in [0.29, 0.717) is 0 Å². The van der Waals surface area contributed by atoms with Gasteiger partial charge in [-0.15, -0.1) is 0 Å². The monoisotopic (exact) mass is 150 g/mol. The quantitative estimate of drug-likeness (QED) is 0.570. The Bertz CT molecular complexity index is 184. The minimum atomic E-state index is 0. The summed E-state index contributed by atoms with van der Waals surface area (Å²) in [7, 11) is 0. The van der Waals surface area contributed by atoms with Crippen molar-refractivity contribution in [2.24, 2.45) is 0 Å². The molecule has 0 radical (unpaired) electrons. The molecule has 0 N–H and O–H groups in total. The molecule has 1 aromatic rings. The van der Waals surface area contributed by atoms with Crippen molar-refractivity contribution in [3.8, 4) is 0 Å². The molecule has 0 atom stereocenters. The van der Waals surface area contributed by atoms with E-state index in [1.165, 1.54) is 18.4 Å². The van der Waals surface area contributed by atoms with Gasteiger partial charge in [0.15, 0.2) is 0 Å². The van der Waals surface area contributed by atoms with Crippen molar-refractivity contribution in [1.82, 2.24) is 0 Å². The molecule has 1 aliphatic carbocycles. The molecule has 0 heterocycles. The lowest BCUT2D eigenvalue weighted by Gasteiger charge is -1.92. The SMILES string of the molecule is C.C.c1ccc(C2CC2)cc1. The predicted molar refractivity (Wildman–Crippen MR) is 51.9 cm³/mol. The van der Waals surface area contributed by atoms with Crippen LogP contribution in [0.25, 0.3) is 0 Å². The zero-order chi connectivity index (χ0) is 6.10. The summed E-state index contributed by atoms with van der Waals surface area (Å²) in [6.07, 6.45) is 2.81. The van der Waals surface area contributed by atoms with Crippen molar-refractivity contribution >= 4 is 0 Å². The fourth-order valence-corrected chi connectivity index (χ4v) is 1.14. The van der Waals surface area contributed by atoms with E-state index in [2.05, 4.69) is 30.3 Å². The van der Waals surface area contributed by atoms with Gasteiger partial charge in [-0.3, -0.25) is 0 Å². The molecule has 11 heavy (non-hydrogen) atoms. The van der Waals surface area contributed by atoms with Crippen LogP contribution in [0.5, 0.6) is 0 Å². The highest BCUT2D eigenvalue weighted by molar-refractivity contribution is 5.22. The topological polar surface area (TPSA) is 0 Å². The van der Waals surface area contributed by atoms with E-state index in [1.807, 2.05) is 0 Å². The van der Waals surface area contributed by atoms with Crippen LogP contribution in [0.1, 0.15) is 39.2 Å². The summed E-state index contributed by atoms with van der Waals surface area (Å²) >= 11 is 0. The van der Waals surface area contributed by atoms with Crippen molar-refractivity contribution in [1.29, 1.82) is 0 Å².